The van der Waals surface area contributed by atoms with Gasteiger partial charge in [0.1, 0.15) is 12.4 Å². The molecule has 0 fully saturated rings. The lowest BCUT2D eigenvalue weighted by molar-refractivity contribution is -0.153. The summed E-state index contributed by atoms with van der Waals surface area (Å²) in [5, 5.41) is 1.10. The van der Waals surface area contributed by atoms with Crippen LogP contribution in [0.2, 0.25) is 0 Å². The number of hydrogen-bond acceptors (Lipinski definition) is 5. The maximum absolute atomic E-state index is 12.5. The summed E-state index contributed by atoms with van der Waals surface area (Å²) in [5.41, 5.74) is 3.67. The molecule has 0 radical (unpaired) electrons. The molecule has 0 atom stereocenters. The summed E-state index contributed by atoms with van der Waals surface area (Å²) in [5.74, 6) is 0.615. The fraction of sp³-hybridized carbons (Fsp3) is 0.375. The largest absolute Gasteiger partial charge is 0.487 e. The third kappa shape index (κ3) is 8.66. The van der Waals surface area contributed by atoms with Gasteiger partial charge in [0.15, 0.2) is 0 Å². The van der Waals surface area contributed by atoms with Gasteiger partial charge in [-0.25, -0.2) is 0 Å². The van der Waals surface area contributed by atoms with E-state index in [0.717, 1.165) is 32.9 Å². The molecule has 5 nitrogen and oxygen atoms in total. The number of ether oxygens (including phenoxy) is 2. The normalized spacial score (nSPS) is 11.6. The molecule has 0 saturated heterocycles. The van der Waals surface area contributed by atoms with E-state index in [1.807, 2.05) is 69.3 Å². The van der Waals surface area contributed by atoms with Crippen LogP contribution in [0.4, 0.5) is 0 Å². The number of carbonyl (C=O) groups excluding carboxylic acids is 1. The van der Waals surface area contributed by atoms with Crippen LogP contribution in [0.1, 0.15) is 58.5 Å². The number of nitrogens with one attached hydrogen (secondary N) is 1. The minimum absolute atomic E-state index is 0.0166. The first-order valence-electron chi connectivity index (χ1n) is 13.0. The number of fused-ring (bicyclic) bond motifs is 1. The standard InChI is InChI=1S/C25H32N2O3S.C7H8/c1-7-29-23(28)25(5,6)15-21-22(31-24(2,3)4)19-14-18(11-12-20(19)27-21)30-16-17-10-8-9-13-26-17;1-7-5-3-2-4-6-7/h8-14,27H,7,15-16H2,1-6H3;2-6H,1H3. The molecule has 0 spiro atoms. The first-order chi connectivity index (χ1) is 18.0. The number of aromatic nitrogens is 2. The predicted molar refractivity (Wildman–Crippen MR) is 158 cm³/mol. The molecule has 0 aliphatic heterocycles. The van der Waals surface area contributed by atoms with Crippen LogP contribution in [-0.4, -0.2) is 27.3 Å². The zero-order valence-corrected chi connectivity index (χ0v) is 24.4. The van der Waals surface area contributed by atoms with Gasteiger partial charge in [-0.3, -0.25) is 9.78 Å². The molecule has 0 amide bonds. The lowest BCUT2D eigenvalue weighted by Crippen LogP contribution is -2.29. The molecule has 0 aliphatic rings. The number of benzene rings is 2. The van der Waals surface area contributed by atoms with E-state index < -0.39 is 5.41 Å². The molecular formula is C32H40N2O3S. The van der Waals surface area contributed by atoms with Gasteiger partial charge in [-0.05, 0) is 58.0 Å². The fourth-order valence-electron chi connectivity index (χ4n) is 3.85. The van der Waals surface area contributed by atoms with Crippen LogP contribution < -0.4 is 4.74 Å². The molecule has 38 heavy (non-hydrogen) atoms. The number of thioether (sulfide) groups is 1. The van der Waals surface area contributed by atoms with Crippen LogP contribution in [0.15, 0.2) is 77.8 Å². The summed E-state index contributed by atoms with van der Waals surface area (Å²) in [6.45, 7) is 15.2. The lowest BCUT2D eigenvalue weighted by atomic mass is 9.88. The van der Waals surface area contributed by atoms with E-state index in [1.54, 1.807) is 18.0 Å². The summed E-state index contributed by atoms with van der Waals surface area (Å²) in [7, 11) is 0. The zero-order valence-electron chi connectivity index (χ0n) is 23.6. The Morgan fingerprint density at radius 3 is 2.26 bits per heavy atom. The Bertz CT molecular complexity index is 1310. The second-order valence-corrected chi connectivity index (χ2v) is 12.7. The highest BCUT2D eigenvalue weighted by atomic mass is 32.2. The first kappa shape index (κ1) is 29.3. The van der Waals surface area contributed by atoms with Gasteiger partial charge in [0.05, 0.1) is 17.7 Å². The van der Waals surface area contributed by atoms with Crippen LogP contribution in [-0.2, 0) is 22.6 Å². The van der Waals surface area contributed by atoms with Crippen LogP contribution >= 0.6 is 11.8 Å². The van der Waals surface area contributed by atoms with E-state index in [4.69, 9.17) is 9.47 Å². The molecule has 0 bridgehead atoms. The quantitative estimate of drug-likeness (QED) is 0.183. The SMILES string of the molecule is CCOC(=O)C(C)(C)Cc1[nH]c2ccc(OCc3ccccn3)cc2c1SC(C)(C)C.Cc1ccccc1. The summed E-state index contributed by atoms with van der Waals surface area (Å²) in [4.78, 5) is 21.5. The summed E-state index contributed by atoms with van der Waals surface area (Å²) >= 11 is 1.80. The molecular weight excluding hydrogens is 492 g/mol. The van der Waals surface area contributed by atoms with Crippen LogP contribution in [0.3, 0.4) is 0 Å². The smallest absolute Gasteiger partial charge is 0.311 e. The number of nitrogens with zero attached hydrogens (tertiary/aromatic N) is 1. The fourth-order valence-corrected chi connectivity index (χ4v) is 4.99. The number of pyridine rings is 1. The Hall–Kier alpha value is -3.25. The third-order valence-corrected chi connectivity index (χ3v) is 6.99. The van der Waals surface area contributed by atoms with Gasteiger partial charge in [-0.2, -0.15) is 0 Å². The minimum Gasteiger partial charge on any atom is -0.487 e. The van der Waals surface area contributed by atoms with E-state index in [-0.39, 0.29) is 10.7 Å². The highest BCUT2D eigenvalue weighted by Gasteiger charge is 2.32. The number of carbonyl (C=O) groups is 1. The number of aromatic amines is 1. The van der Waals surface area contributed by atoms with Gasteiger partial charge in [0.25, 0.3) is 0 Å². The van der Waals surface area contributed by atoms with Gasteiger partial charge < -0.3 is 14.5 Å². The predicted octanol–water partition coefficient (Wildman–Crippen LogP) is 8.16. The maximum Gasteiger partial charge on any atom is 0.311 e. The molecule has 0 aliphatic carbocycles. The van der Waals surface area contributed by atoms with Crippen molar-refractivity contribution in [1.29, 1.82) is 0 Å². The van der Waals surface area contributed by atoms with E-state index in [1.165, 1.54) is 5.56 Å². The van der Waals surface area contributed by atoms with E-state index in [9.17, 15) is 4.79 Å². The molecule has 0 unspecified atom stereocenters. The number of hydrogen-bond donors (Lipinski definition) is 1. The van der Waals surface area contributed by atoms with Gasteiger partial charge >= 0.3 is 5.97 Å². The van der Waals surface area contributed by atoms with Crippen LogP contribution in [0.5, 0.6) is 5.75 Å². The summed E-state index contributed by atoms with van der Waals surface area (Å²) in [6, 6.07) is 22.1. The molecule has 4 rings (SSSR count). The van der Waals surface area contributed by atoms with Crippen LogP contribution in [0, 0.1) is 12.3 Å². The second-order valence-electron chi connectivity index (χ2n) is 10.9. The monoisotopic (exact) mass is 532 g/mol. The van der Waals surface area contributed by atoms with Crippen molar-refractivity contribution < 1.29 is 14.3 Å². The highest BCUT2D eigenvalue weighted by Crippen LogP contribution is 2.42. The molecule has 2 heterocycles. The third-order valence-electron chi connectivity index (χ3n) is 5.70. The molecule has 0 saturated carbocycles. The number of esters is 1. The van der Waals surface area contributed by atoms with E-state index >= 15 is 0 Å². The summed E-state index contributed by atoms with van der Waals surface area (Å²) < 4.78 is 11.3. The van der Waals surface area contributed by atoms with Gasteiger partial charge in [-0.15, -0.1) is 11.8 Å². The Kier molecular flexibility index (Phi) is 10.0. The Balaban J connectivity index is 0.000000494. The van der Waals surface area contributed by atoms with Crippen molar-refractivity contribution in [2.45, 2.75) is 71.1 Å². The molecule has 1 N–H and O–H groups in total. The van der Waals surface area contributed by atoms with Crippen molar-refractivity contribution in [1.82, 2.24) is 9.97 Å². The van der Waals surface area contributed by atoms with E-state index in [0.29, 0.717) is 19.6 Å². The van der Waals surface area contributed by atoms with Crippen molar-refractivity contribution in [3.63, 3.8) is 0 Å². The van der Waals surface area contributed by atoms with Crippen molar-refractivity contribution in [3.05, 3.63) is 89.9 Å². The van der Waals surface area contributed by atoms with Gasteiger partial charge in [-0.1, -0.05) is 62.7 Å². The average Bonchev–Trinajstić information content (AvgIpc) is 3.18. The van der Waals surface area contributed by atoms with Gasteiger partial charge in [0.2, 0.25) is 0 Å². The van der Waals surface area contributed by atoms with Crippen molar-refractivity contribution in [3.8, 4) is 5.75 Å². The molecule has 2 aromatic carbocycles. The Morgan fingerprint density at radius 2 is 1.68 bits per heavy atom. The van der Waals surface area contributed by atoms with Crippen molar-refractivity contribution in [2.75, 3.05) is 6.61 Å². The molecule has 4 aromatic rings. The summed E-state index contributed by atoms with van der Waals surface area (Å²) in [6.07, 6.45) is 2.34. The number of rotatable bonds is 8. The van der Waals surface area contributed by atoms with Crippen molar-refractivity contribution in [2.24, 2.45) is 5.41 Å². The molecule has 2 aromatic heterocycles. The van der Waals surface area contributed by atoms with E-state index in [2.05, 4.69) is 55.9 Å². The lowest BCUT2D eigenvalue weighted by Gasteiger charge is -2.24. The minimum atomic E-state index is -0.623. The Labute approximate surface area is 231 Å². The molecule has 6 heteroatoms. The maximum atomic E-state index is 12.5. The average molecular weight is 533 g/mol. The van der Waals surface area contributed by atoms with Gasteiger partial charge in [0, 0.05) is 38.9 Å². The number of aryl methyl sites for hydroxylation is 1. The Morgan fingerprint density at radius 1 is 0.974 bits per heavy atom. The second kappa shape index (κ2) is 13.0. The van der Waals surface area contributed by atoms with Crippen molar-refractivity contribution >= 4 is 28.6 Å². The topological polar surface area (TPSA) is 64.2 Å². The zero-order chi connectivity index (χ0) is 27.8. The van der Waals surface area contributed by atoms with Crippen LogP contribution in [0.25, 0.3) is 10.9 Å². The number of H-pyrrole nitrogens is 1. The first-order valence-corrected chi connectivity index (χ1v) is 13.9. The molecule has 202 valence electrons. The highest BCUT2D eigenvalue weighted by molar-refractivity contribution is 8.00.